The first-order chi connectivity index (χ1) is 14.6. The second kappa shape index (κ2) is 10.3. The number of urea groups is 1. The number of nitrogens with zero attached hydrogens (tertiary/aromatic N) is 5. The van der Waals surface area contributed by atoms with Gasteiger partial charge in [0, 0.05) is 18.3 Å². The second-order valence-corrected chi connectivity index (χ2v) is 6.61. The molecule has 0 saturated carbocycles. The summed E-state index contributed by atoms with van der Waals surface area (Å²) in [5.41, 5.74) is 2.26. The molecule has 0 bridgehead atoms. The van der Waals surface area contributed by atoms with Crippen LogP contribution in [0.2, 0.25) is 0 Å². The Morgan fingerprint density at radius 2 is 2.00 bits per heavy atom. The van der Waals surface area contributed by atoms with E-state index in [1.165, 1.54) is 4.68 Å². The SMILES string of the molecule is CCCCCNC(=O)Nc1ccc2ncc(-c3cnn(CC(=O)OCC)c3)nc2n1. The molecule has 3 aromatic rings. The zero-order chi connectivity index (χ0) is 21.3. The van der Waals surface area contributed by atoms with Crippen LogP contribution in [0.3, 0.4) is 0 Å². The molecule has 0 radical (unpaired) electrons. The third-order valence-corrected chi connectivity index (χ3v) is 4.24. The molecule has 3 aromatic heterocycles. The minimum Gasteiger partial charge on any atom is -0.465 e. The van der Waals surface area contributed by atoms with E-state index in [1.807, 2.05) is 0 Å². The van der Waals surface area contributed by atoms with Gasteiger partial charge in [-0.3, -0.25) is 19.8 Å². The highest BCUT2D eigenvalue weighted by molar-refractivity contribution is 5.89. The van der Waals surface area contributed by atoms with Gasteiger partial charge in [0.1, 0.15) is 17.9 Å². The number of anilines is 1. The van der Waals surface area contributed by atoms with E-state index in [2.05, 4.69) is 37.6 Å². The summed E-state index contributed by atoms with van der Waals surface area (Å²) in [5, 5.41) is 9.67. The summed E-state index contributed by atoms with van der Waals surface area (Å²) in [7, 11) is 0. The van der Waals surface area contributed by atoms with E-state index in [4.69, 9.17) is 4.74 Å². The number of rotatable bonds is 9. The van der Waals surface area contributed by atoms with Crippen molar-refractivity contribution in [3.8, 4) is 11.3 Å². The summed E-state index contributed by atoms with van der Waals surface area (Å²) >= 11 is 0. The van der Waals surface area contributed by atoms with Crippen molar-refractivity contribution >= 4 is 29.0 Å². The lowest BCUT2D eigenvalue weighted by Gasteiger charge is -2.07. The maximum atomic E-state index is 12.0. The summed E-state index contributed by atoms with van der Waals surface area (Å²) < 4.78 is 6.40. The van der Waals surface area contributed by atoms with Gasteiger partial charge < -0.3 is 10.1 Å². The summed E-state index contributed by atoms with van der Waals surface area (Å²) in [6.45, 7) is 4.83. The number of hydrogen-bond donors (Lipinski definition) is 2. The van der Waals surface area contributed by atoms with Crippen LogP contribution in [0.5, 0.6) is 0 Å². The number of pyridine rings is 1. The van der Waals surface area contributed by atoms with Gasteiger partial charge in [-0.25, -0.2) is 14.8 Å². The van der Waals surface area contributed by atoms with Crippen LogP contribution in [0.25, 0.3) is 22.4 Å². The fraction of sp³-hybridized carbons (Fsp3) is 0.400. The molecule has 3 rings (SSSR count). The smallest absolute Gasteiger partial charge is 0.327 e. The summed E-state index contributed by atoms with van der Waals surface area (Å²) in [5.74, 6) is 0.0297. The van der Waals surface area contributed by atoms with Crippen LogP contribution in [0.1, 0.15) is 33.1 Å². The average molecular weight is 411 g/mol. The lowest BCUT2D eigenvalue weighted by molar-refractivity contribution is -0.144. The number of nitrogens with one attached hydrogen (secondary N) is 2. The highest BCUT2D eigenvalue weighted by Crippen LogP contribution is 2.19. The molecule has 0 saturated heterocycles. The molecule has 0 aliphatic carbocycles. The Kier molecular flexibility index (Phi) is 7.25. The molecule has 2 N–H and O–H groups in total. The van der Waals surface area contributed by atoms with Gasteiger partial charge in [0.15, 0.2) is 5.65 Å². The third kappa shape index (κ3) is 5.72. The van der Waals surface area contributed by atoms with E-state index in [-0.39, 0.29) is 18.5 Å². The van der Waals surface area contributed by atoms with Gasteiger partial charge in [0.2, 0.25) is 0 Å². The minimum absolute atomic E-state index is 0.0224. The molecule has 10 nitrogen and oxygen atoms in total. The zero-order valence-electron chi connectivity index (χ0n) is 17.1. The molecule has 0 atom stereocenters. The molecule has 30 heavy (non-hydrogen) atoms. The lowest BCUT2D eigenvalue weighted by atomic mass is 10.2. The molecule has 0 fully saturated rings. The number of ether oxygens (including phenoxy) is 1. The Morgan fingerprint density at radius 3 is 2.80 bits per heavy atom. The maximum absolute atomic E-state index is 12.0. The second-order valence-electron chi connectivity index (χ2n) is 6.61. The highest BCUT2D eigenvalue weighted by atomic mass is 16.5. The van der Waals surface area contributed by atoms with E-state index < -0.39 is 0 Å². The normalized spacial score (nSPS) is 10.7. The lowest BCUT2D eigenvalue weighted by Crippen LogP contribution is -2.29. The number of esters is 1. The summed E-state index contributed by atoms with van der Waals surface area (Å²) in [6, 6.07) is 3.12. The molecule has 0 aliphatic rings. The molecule has 0 aliphatic heterocycles. The van der Waals surface area contributed by atoms with Crippen molar-refractivity contribution in [1.29, 1.82) is 0 Å². The van der Waals surface area contributed by atoms with Crippen LogP contribution in [0.15, 0.2) is 30.7 Å². The van der Waals surface area contributed by atoms with Gasteiger partial charge in [-0.2, -0.15) is 5.10 Å². The minimum atomic E-state index is -0.359. The van der Waals surface area contributed by atoms with E-state index in [9.17, 15) is 9.59 Å². The number of unbranched alkanes of at least 4 members (excludes halogenated alkanes) is 2. The monoisotopic (exact) mass is 411 g/mol. The molecule has 3 heterocycles. The number of fused-ring (bicyclic) bond motifs is 1. The van der Waals surface area contributed by atoms with Crippen molar-refractivity contribution in [2.75, 3.05) is 18.5 Å². The van der Waals surface area contributed by atoms with Gasteiger partial charge in [-0.15, -0.1) is 0 Å². The van der Waals surface area contributed by atoms with Gasteiger partial charge in [0.25, 0.3) is 0 Å². The topological polar surface area (TPSA) is 124 Å². The largest absolute Gasteiger partial charge is 0.465 e. The molecule has 0 unspecified atom stereocenters. The third-order valence-electron chi connectivity index (χ3n) is 4.24. The Bertz CT molecular complexity index is 1020. The van der Waals surface area contributed by atoms with Crippen molar-refractivity contribution < 1.29 is 14.3 Å². The first kappa shape index (κ1) is 21.2. The van der Waals surface area contributed by atoms with Crippen molar-refractivity contribution in [2.45, 2.75) is 39.7 Å². The Balaban J connectivity index is 1.70. The van der Waals surface area contributed by atoms with Gasteiger partial charge in [-0.05, 0) is 25.5 Å². The number of carbonyl (C=O) groups excluding carboxylic acids is 2. The van der Waals surface area contributed by atoms with Crippen molar-refractivity contribution in [1.82, 2.24) is 30.0 Å². The Morgan fingerprint density at radius 1 is 1.13 bits per heavy atom. The summed E-state index contributed by atoms with van der Waals surface area (Å²) in [4.78, 5) is 36.8. The summed E-state index contributed by atoms with van der Waals surface area (Å²) in [6.07, 6.45) is 8.01. The van der Waals surface area contributed by atoms with Gasteiger partial charge >= 0.3 is 12.0 Å². The van der Waals surface area contributed by atoms with Crippen LogP contribution in [-0.2, 0) is 16.1 Å². The van der Waals surface area contributed by atoms with Crippen LogP contribution in [0.4, 0.5) is 10.6 Å². The van der Waals surface area contributed by atoms with Gasteiger partial charge in [0.05, 0.1) is 24.7 Å². The predicted molar refractivity (Wildman–Crippen MR) is 112 cm³/mol. The molecule has 0 spiro atoms. The molecule has 0 aromatic carbocycles. The van der Waals surface area contributed by atoms with Crippen molar-refractivity contribution in [3.05, 3.63) is 30.7 Å². The van der Waals surface area contributed by atoms with Crippen LogP contribution < -0.4 is 10.6 Å². The van der Waals surface area contributed by atoms with E-state index in [1.54, 1.807) is 37.6 Å². The highest BCUT2D eigenvalue weighted by Gasteiger charge is 2.10. The quantitative estimate of drug-likeness (QED) is 0.410. The van der Waals surface area contributed by atoms with E-state index in [0.717, 1.165) is 19.3 Å². The molecular weight excluding hydrogens is 386 g/mol. The Labute approximate surface area is 174 Å². The predicted octanol–water partition coefficient (Wildman–Crippen LogP) is 2.76. The maximum Gasteiger partial charge on any atom is 0.327 e. The van der Waals surface area contributed by atoms with Crippen LogP contribution in [-0.4, -0.2) is 49.9 Å². The van der Waals surface area contributed by atoms with E-state index in [0.29, 0.717) is 41.4 Å². The van der Waals surface area contributed by atoms with Crippen LogP contribution >= 0.6 is 0 Å². The van der Waals surface area contributed by atoms with Gasteiger partial charge in [-0.1, -0.05) is 19.8 Å². The molecule has 2 amide bonds. The zero-order valence-corrected chi connectivity index (χ0v) is 17.1. The van der Waals surface area contributed by atoms with Crippen LogP contribution in [0, 0.1) is 0 Å². The van der Waals surface area contributed by atoms with Crippen molar-refractivity contribution in [3.63, 3.8) is 0 Å². The number of amides is 2. The number of hydrogen-bond acceptors (Lipinski definition) is 7. The first-order valence-electron chi connectivity index (χ1n) is 9.96. The fourth-order valence-electron chi connectivity index (χ4n) is 2.77. The average Bonchev–Trinajstić information content (AvgIpc) is 3.19. The molecular formula is C20H25N7O3. The van der Waals surface area contributed by atoms with Crippen molar-refractivity contribution in [2.24, 2.45) is 0 Å². The number of aromatic nitrogens is 5. The molecule has 10 heteroatoms. The molecule has 158 valence electrons. The standard InChI is InChI=1S/C20H25N7O3/c1-3-5-6-9-21-20(29)26-17-8-7-15-19(25-17)24-16(11-22-15)14-10-23-27(12-14)13-18(28)30-4-2/h7-8,10-12H,3-6,9,13H2,1-2H3,(H2,21,24,25,26,29). The van der Waals surface area contributed by atoms with E-state index >= 15 is 0 Å². The number of carbonyl (C=O) groups is 2. The first-order valence-corrected chi connectivity index (χ1v) is 9.96. The fourth-order valence-corrected chi connectivity index (χ4v) is 2.77. The Hall–Kier alpha value is -3.56.